The molecule has 0 aliphatic heterocycles. The minimum absolute atomic E-state index is 0.0645. The molecule has 8 nitrogen and oxygen atoms in total. The lowest BCUT2D eigenvalue weighted by Crippen LogP contribution is -2.39. The molecular weight excluding hydrogens is 328 g/mol. The van der Waals surface area contributed by atoms with E-state index in [1.807, 2.05) is 0 Å². The lowest BCUT2D eigenvalue weighted by atomic mass is 9.85. The van der Waals surface area contributed by atoms with Gasteiger partial charge < -0.3 is 0 Å². The van der Waals surface area contributed by atoms with Gasteiger partial charge in [0.05, 0.1) is 0 Å². The number of aromatic nitrogens is 5. The minimum atomic E-state index is -3.54. The Morgan fingerprint density at radius 2 is 2.00 bits per heavy atom. The Morgan fingerprint density at radius 3 is 2.54 bits per heavy atom. The second kappa shape index (κ2) is 6.94. The number of pyridine rings is 1. The van der Waals surface area contributed by atoms with Crippen LogP contribution in [0.1, 0.15) is 39.0 Å². The number of nitrogens with zero attached hydrogens (tertiary/aromatic N) is 5. The zero-order valence-electron chi connectivity index (χ0n) is 13.9. The molecule has 0 saturated heterocycles. The van der Waals surface area contributed by atoms with Crippen molar-refractivity contribution in [2.75, 3.05) is 7.05 Å². The first-order valence-electron chi connectivity index (χ1n) is 8.20. The summed E-state index contributed by atoms with van der Waals surface area (Å²) in [6.07, 6.45) is 6.55. The van der Waals surface area contributed by atoms with E-state index < -0.39 is 10.0 Å². The fraction of sp³-hybridized carbons (Fsp3) is 0.600. The largest absolute Gasteiger partial charge is 0.251 e. The third kappa shape index (κ3) is 3.32. The van der Waals surface area contributed by atoms with E-state index in [1.54, 1.807) is 19.2 Å². The molecule has 3 rings (SSSR count). The van der Waals surface area contributed by atoms with Crippen LogP contribution in [-0.2, 0) is 10.0 Å². The zero-order valence-corrected chi connectivity index (χ0v) is 14.7. The number of hydrogen-bond acceptors (Lipinski definition) is 6. The Kier molecular flexibility index (Phi) is 4.91. The molecule has 9 heteroatoms. The summed E-state index contributed by atoms with van der Waals surface area (Å²) >= 11 is 0. The Hall–Kier alpha value is -1.87. The van der Waals surface area contributed by atoms with Crippen molar-refractivity contribution in [1.82, 2.24) is 29.9 Å². The number of rotatable bonds is 5. The van der Waals surface area contributed by atoms with Crippen molar-refractivity contribution in [3.8, 4) is 11.5 Å². The highest BCUT2D eigenvalue weighted by Crippen LogP contribution is 2.31. The first-order chi connectivity index (χ1) is 11.5. The lowest BCUT2D eigenvalue weighted by Gasteiger charge is -2.33. The summed E-state index contributed by atoms with van der Waals surface area (Å²) in [5.41, 5.74) is 0.480. The summed E-state index contributed by atoms with van der Waals surface area (Å²) in [5, 5.41) is 13.5. The molecule has 0 spiro atoms. The molecule has 0 bridgehead atoms. The molecule has 0 unspecified atom stereocenters. The molecule has 24 heavy (non-hydrogen) atoms. The maximum Gasteiger partial charge on any atom is 0.244 e. The van der Waals surface area contributed by atoms with E-state index in [0.29, 0.717) is 11.5 Å². The first-order valence-corrected chi connectivity index (χ1v) is 9.64. The van der Waals surface area contributed by atoms with Crippen LogP contribution in [0.3, 0.4) is 0 Å². The zero-order chi connectivity index (χ0) is 17.2. The van der Waals surface area contributed by atoms with Crippen LogP contribution in [0, 0.1) is 5.92 Å². The van der Waals surface area contributed by atoms with Crippen molar-refractivity contribution in [2.24, 2.45) is 5.92 Å². The molecule has 0 amide bonds. The van der Waals surface area contributed by atoms with Gasteiger partial charge in [-0.15, -0.1) is 10.2 Å². The summed E-state index contributed by atoms with van der Waals surface area (Å²) in [6, 6.07) is 3.21. The monoisotopic (exact) mass is 350 g/mol. The average molecular weight is 350 g/mol. The summed E-state index contributed by atoms with van der Waals surface area (Å²) in [6.45, 7) is 2.20. The number of aromatic amines is 1. The van der Waals surface area contributed by atoms with Crippen molar-refractivity contribution < 1.29 is 8.42 Å². The van der Waals surface area contributed by atoms with Crippen LogP contribution in [0.5, 0.6) is 0 Å². The SMILES string of the molecule is CCC1CCC(N(C)S(=O)(=O)c2ccc(-c3nn[nH]n3)nc2)CC1. The molecule has 1 aliphatic rings. The molecule has 1 N–H and O–H groups in total. The Labute approximate surface area is 141 Å². The predicted molar refractivity (Wildman–Crippen MR) is 88.4 cm³/mol. The quantitative estimate of drug-likeness (QED) is 0.882. The van der Waals surface area contributed by atoms with E-state index in [4.69, 9.17) is 0 Å². The van der Waals surface area contributed by atoms with E-state index in [2.05, 4.69) is 32.5 Å². The number of nitrogens with one attached hydrogen (secondary N) is 1. The third-order valence-electron chi connectivity index (χ3n) is 4.90. The third-order valence-corrected chi connectivity index (χ3v) is 6.79. The fourth-order valence-corrected chi connectivity index (χ4v) is 4.58. The van der Waals surface area contributed by atoms with Gasteiger partial charge in [-0.2, -0.15) is 9.52 Å². The van der Waals surface area contributed by atoms with Gasteiger partial charge in [0.15, 0.2) is 0 Å². The highest BCUT2D eigenvalue weighted by Gasteiger charge is 2.31. The van der Waals surface area contributed by atoms with E-state index >= 15 is 0 Å². The lowest BCUT2D eigenvalue weighted by molar-refractivity contribution is 0.233. The predicted octanol–water partition coefficient (Wildman–Crippen LogP) is 1.85. The van der Waals surface area contributed by atoms with Crippen LogP contribution in [0.15, 0.2) is 23.2 Å². The molecule has 0 aromatic carbocycles. The van der Waals surface area contributed by atoms with Gasteiger partial charge in [-0.3, -0.25) is 4.98 Å². The maximum absolute atomic E-state index is 12.8. The molecule has 1 fully saturated rings. The van der Waals surface area contributed by atoms with Crippen LogP contribution in [-0.4, -0.2) is 51.4 Å². The maximum atomic E-state index is 12.8. The van der Waals surface area contributed by atoms with E-state index in [0.717, 1.165) is 31.6 Å². The normalized spacial score (nSPS) is 22.0. The minimum Gasteiger partial charge on any atom is -0.251 e. The van der Waals surface area contributed by atoms with Crippen LogP contribution in [0.4, 0.5) is 0 Å². The standard InChI is InChI=1S/C15H22N6O2S/c1-3-11-4-6-12(7-5-11)21(2)24(22,23)13-8-9-14(16-10-13)15-17-19-20-18-15/h8-12H,3-7H2,1-2H3,(H,17,18,19,20). The second-order valence-corrected chi connectivity index (χ2v) is 8.22. The number of tetrazole rings is 1. The number of sulfonamides is 1. The van der Waals surface area contributed by atoms with Crippen molar-refractivity contribution in [3.05, 3.63) is 18.3 Å². The van der Waals surface area contributed by atoms with Crippen LogP contribution in [0.25, 0.3) is 11.5 Å². The summed E-state index contributed by atoms with van der Waals surface area (Å²) in [7, 11) is -1.88. The Bertz CT molecular complexity index is 752. The van der Waals surface area contributed by atoms with E-state index in [-0.39, 0.29) is 10.9 Å². The molecule has 130 valence electrons. The first kappa shape index (κ1) is 17.0. The summed E-state index contributed by atoms with van der Waals surface area (Å²) in [4.78, 5) is 4.34. The fourth-order valence-electron chi connectivity index (χ4n) is 3.21. The van der Waals surface area contributed by atoms with Gasteiger partial charge in [0.1, 0.15) is 10.6 Å². The van der Waals surface area contributed by atoms with Crippen LogP contribution in [0.2, 0.25) is 0 Å². The average Bonchev–Trinajstić information content (AvgIpc) is 3.16. The van der Waals surface area contributed by atoms with E-state index in [1.165, 1.54) is 16.9 Å². The van der Waals surface area contributed by atoms with Gasteiger partial charge in [0.25, 0.3) is 0 Å². The Balaban J connectivity index is 1.75. The van der Waals surface area contributed by atoms with Crippen molar-refractivity contribution >= 4 is 10.0 Å². The Morgan fingerprint density at radius 1 is 1.25 bits per heavy atom. The van der Waals surface area contributed by atoms with Gasteiger partial charge in [0, 0.05) is 19.3 Å². The molecule has 2 aromatic rings. The highest BCUT2D eigenvalue weighted by molar-refractivity contribution is 7.89. The van der Waals surface area contributed by atoms with Crippen LogP contribution < -0.4 is 0 Å². The second-order valence-electron chi connectivity index (χ2n) is 6.22. The molecule has 2 aromatic heterocycles. The molecule has 2 heterocycles. The van der Waals surface area contributed by atoms with Gasteiger partial charge in [0.2, 0.25) is 15.8 Å². The van der Waals surface area contributed by atoms with Crippen molar-refractivity contribution in [1.29, 1.82) is 0 Å². The smallest absolute Gasteiger partial charge is 0.244 e. The number of hydrogen-bond donors (Lipinski definition) is 1. The van der Waals surface area contributed by atoms with Gasteiger partial charge >= 0.3 is 0 Å². The topological polar surface area (TPSA) is 105 Å². The molecule has 0 atom stereocenters. The molecule has 1 aliphatic carbocycles. The molecule has 1 saturated carbocycles. The van der Waals surface area contributed by atoms with Crippen LogP contribution >= 0.6 is 0 Å². The van der Waals surface area contributed by atoms with E-state index in [9.17, 15) is 8.42 Å². The van der Waals surface area contributed by atoms with Crippen molar-refractivity contribution in [2.45, 2.75) is 50.0 Å². The summed E-state index contributed by atoms with van der Waals surface area (Å²) in [5.74, 6) is 1.07. The van der Waals surface area contributed by atoms with Gasteiger partial charge in [-0.05, 0) is 48.9 Å². The van der Waals surface area contributed by atoms with Crippen molar-refractivity contribution in [3.63, 3.8) is 0 Å². The summed E-state index contributed by atoms with van der Waals surface area (Å²) < 4.78 is 27.1. The van der Waals surface area contributed by atoms with Gasteiger partial charge in [-0.25, -0.2) is 8.42 Å². The number of H-pyrrole nitrogens is 1. The van der Waals surface area contributed by atoms with Gasteiger partial charge in [-0.1, -0.05) is 13.3 Å². The molecule has 0 radical (unpaired) electrons. The molecular formula is C15H22N6O2S. The highest BCUT2D eigenvalue weighted by atomic mass is 32.2.